The first-order valence-corrected chi connectivity index (χ1v) is 13.2. The maximum Gasteiger partial charge on any atom is 0.320 e. The van der Waals surface area contributed by atoms with Gasteiger partial charge in [-0.25, -0.2) is 14.2 Å². The minimum Gasteiger partial charge on any atom is -0.372 e. The van der Waals surface area contributed by atoms with Gasteiger partial charge < -0.3 is 20.2 Å². The second-order valence-electron chi connectivity index (χ2n) is 11.1. The van der Waals surface area contributed by atoms with Crippen LogP contribution in [0.3, 0.4) is 0 Å². The van der Waals surface area contributed by atoms with Gasteiger partial charge in [0.05, 0.1) is 18.3 Å². The molecule has 2 heterocycles. The molecule has 2 amide bonds. The van der Waals surface area contributed by atoms with E-state index in [9.17, 15) is 14.3 Å². The number of aliphatic hydroxyl groups is 1. The van der Waals surface area contributed by atoms with Gasteiger partial charge in [0.15, 0.2) is 0 Å². The molecule has 1 aromatic carbocycles. The van der Waals surface area contributed by atoms with Crippen molar-refractivity contribution in [3.63, 3.8) is 0 Å². The standard InChI is InChI=1S/C28H38FN5O2/c1-32(2)28(22-9-4-3-5-10-22)15-13-27(14-16-28)20-33(26(36)34(27)18-21-7-6-8-21)19-25(35)31-24-12-11-23(29)17-30-24/h3-5,9-12,17,21,25,35H,6-8,13-16,18-20H2,1-2H3,(H,30,31). The van der Waals surface area contributed by atoms with Crippen LogP contribution in [0.4, 0.5) is 15.0 Å². The highest BCUT2D eigenvalue weighted by Crippen LogP contribution is 2.49. The molecule has 2 saturated carbocycles. The van der Waals surface area contributed by atoms with Crippen molar-refractivity contribution < 1.29 is 14.3 Å². The van der Waals surface area contributed by atoms with Crippen molar-refractivity contribution >= 4 is 11.8 Å². The number of amides is 2. The number of aliphatic hydroxyl groups excluding tert-OH is 1. The largest absolute Gasteiger partial charge is 0.372 e. The van der Waals surface area contributed by atoms with Crippen molar-refractivity contribution in [1.29, 1.82) is 0 Å². The van der Waals surface area contributed by atoms with E-state index in [1.807, 2.05) is 0 Å². The van der Waals surface area contributed by atoms with Crippen LogP contribution in [0.2, 0.25) is 0 Å². The van der Waals surface area contributed by atoms with E-state index < -0.39 is 12.0 Å². The zero-order valence-corrected chi connectivity index (χ0v) is 21.4. The van der Waals surface area contributed by atoms with Crippen molar-refractivity contribution in [3.8, 4) is 0 Å². The summed E-state index contributed by atoms with van der Waals surface area (Å²) >= 11 is 0. The van der Waals surface area contributed by atoms with Crippen LogP contribution in [0.5, 0.6) is 0 Å². The summed E-state index contributed by atoms with van der Waals surface area (Å²) in [5.74, 6) is 0.528. The predicted molar refractivity (Wildman–Crippen MR) is 138 cm³/mol. The van der Waals surface area contributed by atoms with E-state index in [2.05, 4.69) is 64.5 Å². The highest BCUT2D eigenvalue weighted by Gasteiger charge is 2.55. The van der Waals surface area contributed by atoms with Crippen molar-refractivity contribution in [1.82, 2.24) is 19.7 Å². The number of anilines is 1. The van der Waals surface area contributed by atoms with Gasteiger partial charge >= 0.3 is 6.03 Å². The molecule has 1 aliphatic heterocycles. The first-order chi connectivity index (χ1) is 17.3. The van der Waals surface area contributed by atoms with E-state index in [1.54, 1.807) is 4.90 Å². The van der Waals surface area contributed by atoms with E-state index in [4.69, 9.17) is 0 Å². The number of hydrogen-bond donors (Lipinski definition) is 2. The van der Waals surface area contributed by atoms with Crippen molar-refractivity contribution in [2.24, 2.45) is 5.92 Å². The average Bonchev–Trinajstić information content (AvgIpc) is 3.08. The fraction of sp³-hybridized carbons (Fsp3) is 0.571. The molecular formula is C28H38FN5O2. The minimum absolute atomic E-state index is 0.0203. The Labute approximate surface area is 213 Å². The van der Waals surface area contributed by atoms with Gasteiger partial charge in [-0.05, 0) is 76.2 Å². The molecule has 1 aromatic heterocycles. The molecule has 36 heavy (non-hydrogen) atoms. The van der Waals surface area contributed by atoms with Gasteiger partial charge in [0.2, 0.25) is 0 Å². The summed E-state index contributed by atoms with van der Waals surface area (Å²) in [5, 5.41) is 13.6. The molecule has 194 valence electrons. The highest BCUT2D eigenvalue weighted by atomic mass is 19.1. The second kappa shape index (κ2) is 9.98. The number of β-amino-alcohol motifs (C(OH)–C–C–N with tert-alkyl or cyclic N) is 1. The van der Waals surface area contributed by atoms with Crippen LogP contribution >= 0.6 is 0 Å². The van der Waals surface area contributed by atoms with Crippen LogP contribution in [0.25, 0.3) is 0 Å². The number of carbonyl (C=O) groups excluding carboxylic acids is 1. The zero-order valence-electron chi connectivity index (χ0n) is 21.4. The number of benzene rings is 1. The first-order valence-electron chi connectivity index (χ1n) is 13.2. The van der Waals surface area contributed by atoms with Crippen molar-refractivity contribution in [3.05, 3.63) is 60.0 Å². The Morgan fingerprint density at radius 2 is 1.86 bits per heavy atom. The number of nitrogens with zero attached hydrogens (tertiary/aromatic N) is 4. The van der Waals surface area contributed by atoms with E-state index in [0.29, 0.717) is 18.3 Å². The third kappa shape index (κ3) is 4.68. The molecule has 3 aliphatic rings. The Hall–Kier alpha value is -2.71. The number of pyridine rings is 1. The Bertz CT molecular complexity index is 1040. The molecule has 8 heteroatoms. The van der Waals surface area contributed by atoms with Gasteiger partial charge in [-0.1, -0.05) is 36.8 Å². The number of aromatic nitrogens is 1. The summed E-state index contributed by atoms with van der Waals surface area (Å²) in [5.41, 5.74) is 1.08. The number of nitrogens with one attached hydrogen (secondary N) is 1. The lowest BCUT2D eigenvalue weighted by atomic mass is 9.68. The topological polar surface area (TPSA) is 71.9 Å². The van der Waals surface area contributed by atoms with Crippen LogP contribution in [-0.2, 0) is 5.54 Å². The molecule has 0 bridgehead atoms. The number of urea groups is 1. The van der Waals surface area contributed by atoms with E-state index in [0.717, 1.165) is 38.4 Å². The molecular weight excluding hydrogens is 457 g/mol. The summed E-state index contributed by atoms with van der Waals surface area (Å²) in [7, 11) is 4.32. The quantitative estimate of drug-likeness (QED) is 0.536. The molecule has 0 radical (unpaired) electrons. The summed E-state index contributed by atoms with van der Waals surface area (Å²) in [6, 6.07) is 13.5. The molecule has 3 fully saturated rings. The molecule has 2 aromatic rings. The molecule has 1 saturated heterocycles. The summed E-state index contributed by atoms with van der Waals surface area (Å²) in [6.07, 6.45) is 7.56. The minimum atomic E-state index is -0.985. The van der Waals surface area contributed by atoms with Crippen molar-refractivity contribution in [2.75, 3.05) is 39.0 Å². The lowest BCUT2D eigenvalue weighted by Gasteiger charge is -2.51. The van der Waals surface area contributed by atoms with Gasteiger partial charge in [-0.15, -0.1) is 0 Å². The lowest BCUT2D eigenvalue weighted by Crippen LogP contribution is -2.56. The van der Waals surface area contributed by atoms with Gasteiger partial charge in [0.25, 0.3) is 0 Å². The van der Waals surface area contributed by atoms with Gasteiger partial charge in [0, 0.05) is 18.6 Å². The van der Waals surface area contributed by atoms with E-state index in [1.165, 1.54) is 37.0 Å². The Kier molecular flexibility index (Phi) is 6.92. The molecule has 5 rings (SSSR count). The molecule has 2 aliphatic carbocycles. The normalized spacial score (nSPS) is 27.5. The fourth-order valence-electron chi connectivity index (χ4n) is 6.42. The van der Waals surface area contributed by atoms with Crippen LogP contribution in [0.15, 0.2) is 48.7 Å². The van der Waals surface area contributed by atoms with Crippen LogP contribution in [0.1, 0.15) is 50.5 Å². The summed E-state index contributed by atoms with van der Waals surface area (Å²) in [6.45, 7) is 1.59. The highest BCUT2D eigenvalue weighted by molar-refractivity contribution is 5.78. The van der Waals surface area contributed by atoms with Crippen LogP contribution in [0, 0.1) is 11.7 Å². The smallest absolute Gasteiger partial charge is 0.320 e. The molecule has 1 spiro atoms. The first kappa shape index (κ1) is 25.0. The van der Waals surface area contributed by atoms with Crippen LogP contribution < -0.4 is 5.32 Å². The van der Waals surface area contributed by atoms with E-state index >= 15 is 0 Å². The van der Waals surface area contributed by atoms with Crippen LogP contribution in [-0.4, -0.2) is 76.3 Å². The maximum atomic E-state index is 13.7. The number of hydrogen-bond acceptors (Lipinski definition) is 5. The van der Waals surface area contributed by atoms with Crippen molar-refractivity contribution in [2.45, 2.75) is 62.3 Å². The molecule has 1 unspecified atom stereocenters. The SMILES string of the molecule is CN(C)C1(c2ccccc2)CCC2(CC1)CN(CC(O)Nc1ccc(F)cn1)C(=O)N2CC1CCC1. The number of halogens is 1. The summed E-state index contributed by atoms with van der Waals surface area (Å²) in [4.78, 5) is 23.9. The maximum absolute atomic E-state index is 13.7. The van der Waals surface area contributed by atoms with Gasteiger partial charge in [-0.2, -0.15) is 0 Å². The fourth-order valence-corrected chi connectivity index (χ4v) is 6.42. The number of carbonyl (C=O) groups is 1. The van der Waals surface area contributed by atoms with Gasteiger partial charge in [0.1, 0.15) is 17.9 Å². The monoisotopic (exact) mass is 495 g/mol. The molecule has 7 nitrogen and oxygen atoms in total. The predicted octanol–water partition coefficient (Wildman–Crippen LogP) is 4.26. The zero-order chi connectivity index (χ0) is 25.3. The van der Waals surface area contributed by atoms with Gasteiger partial charge in [-0.3, -0.25) is 4.90 Å². The second-order valence-corrected chi connectivity index (χ2v) is 11.1. The van der Waals surface area contributed by atoms with E-state index in [-0.39, 0.29) is 23.7 Å². The molecule has 1 atom stereocenters. The Morgan fingerprint density at radius 3 is 2.44 bits per heavy atom. The molecule has 2 N–H and O–H groups in total. The average molecular weight is 496 g/mol. The summed E-state index contributed by atoms with van der Waals surface area (Å²) < 4.78 is 13.2. The third-order valence-electron chi connectivity index (χ3n) is 8.83. The number of rotatable bonds is 8. The third-order valence-corrected chi connectivity index (χ3v) is 8.83. The Morgan fingerprint density at radius 1 is 1.14 bits per heavy atom. The lowest BCUT2D eigenvalue weighted by molar-refractivity contribution is 0.0156. The Balaban J connectivity index is 1.33.